The zero-order chi connectivity index (χ0) is 16.6. The quantitative estimate of drug-likeness (QED) is 0.750. The second-order valence-corrected chi connectivity index (χ2v) is 5.31. The van der Waals surface area contributed by atoms with Crippen molar-refractivity contribution < 1.29 is 23.2 Å². The van der Waals surface area contributed by atoms with Crippen molar-refractivity contribution in [3.05, 3.63) is 22.1 Å². The SMILES string of the molecule is CC.CC(=O)CC(C)(C)CC(=O)OCc1oc(=O)oc1C. The first-order chi connectivity index (χ1) is 9.69. The van der Waals surface area contributed by atoms with Gasteiger partial charge in [0.2, 0.25) is 0 Å². The minimum absolute atomic E-state index is 0.0227. The van der Waals surface area contributed by atoms with E-state index in [0.29, 0.717) is 12.2 Å². The Hall–Kier alpha value is -1.85. The van der Waals surface area contributed by atoms with Gasteiger partial charge in [-0.15, -0.1) is 0 Å². The van der Waals surface area contributed by atoms with E-state index in [4.69, 9.17) is 9.15 Å². The zero-order valence-corrected chi connectivity index (χ0v) is 13.6. The molecule has 0 spiro atoms. The van der Waals surface area contributed by atoms with Crippen LogP contribution in [0, 0.1) is 12.3 Å². The highest BCUT2D eigenvalue weighted by atomic mass is 16.6. The van der Waals surface area contributed by atoms with Crippen LogP contribution in [0.5, 0.6) is 0 Å². The van der Waals surface area contributed by atoms with E-state index in [0.717, 1.165) is 0 Å². The number of hydrogen-bond donors (Lipinski definition) is 0. The molecule has 1 rings (SSSR count). The van der Waals surface area contributed by atoms with Crippen LogP contribution >= 0.6 is 0 Å². The summed E-state index contributed by atoms with van der Waals surface area (Å²) >= 11 is 0. The predicted molar refractivity (Wildman–Crippen MR) is 76.8 cm³/mol. The molecule has 0 saturated heterocycles. The lowest BCUT2D eigenvalue weighted by Gasteiger charge is -2.21. The summed E-state index contributed by atoms with van der Waals surface area (Å²) in [6.07, 6.45) is 0.426. The maximum absolute atomic E-state index is 11.6. The first kappa shape index (κ1) is 19.1. The Morgan fingerprint density at radius 3 is 2.14 bits per heavy atom. The van der Waals surface area contributed by atoms with Crippen molar-refractivity contribution in [1.29, 1.82) is 0 Å². The Morgan fingerprint density at radius 2 is 1.71 bits per heavy atom. The summed E-state index contributed by atoms with van der Waals surface area (Å²) in [4.78, 5) is 33.5. The lowest BCUT2D eigenvalue weighted by atomic mass is 9.84. The summed E-state index contributed by atoms with van der Waals surface area (Å²) in [5.41, 5.74) is -0.449. The van der Waals surface area contributed by atoms with Gasteiger partial charge in [-0.05, 0) is 19.3 Å². The monoisotopic (exact) mass is 300 g/mol. The number of Topliss-reactive ketones (excluding diaryl/α,β-unsaturated/α-hetero) is 1. The van der Waals surface area contributed by atoms with Crippen molar-refractivity contribution in [2.24, 2.45) is 5.41 Å². The maximum Gasteiger partial charge on any atom is 0.519 e. The van der Waals surface area contributed by atoms with Gasteiger partial charge in [-0.25, -0.2) is 4.79 Å². The number of esters is 1. The maximum atomic E-state index is 11.6. The first-order valence-corrected chi connectivity index (χ1v) is 6.94. The predicted octanol–water partition coefficient (Wildman–Crippen LogP) is 3.01. The Morgan fingerprint density at radius 1 is 1.14 bits per heavy atom. The summed E-state index contributed by atoms with van der Waals surface area (Å²) in [5.74, 6) is -0.757. The van der Waals surface area contributed by atoms with Gasteiger partial charge in [0.25, 0.3) is 0 Å². The minimum Gasteiger partial charge on any atom is -0.457 e. The Bertz CT molecular complexity index is 521. The molecule has 6 nitrogen and oxygen atoms in total. The standard InChI is InChI=1S/C13H18O6.C2H6/c1-8(14)5-13(3,4)6-11(15)17-7-10-9(2)18-12(16)19-10;1-2/h5-7H2,1-4H3;1-2H3. The van der Waals surface area contributed by atoms with Crippen LogP contribution in [0.15, 0.2) is 13.6 Å². The number of hydrogen-bond acceptors (Lipinski definition) is 6. The molecule has 1 aromatic rings. The van der Waals surface area contributed by atoms with Gasteiger partial charge in [0.15, 0.2) is 18.1 Å². The molecule has 1 heterocycles. The average Bonchev–Trinajstić information content (AvgIpc) is 2.65. The lowest BCUT2D eigenvalue weighted by Crippen LogP contribution is -2.21. The number of rotatable bonds is 6. The molecule has 120 valence electrons. The van der Waals surface area contributed by atoms with Crippen molar-refractivity contribution >= 4 is 11.8 Å². The van der Waals surface area contributed by atoms with Gasteiger partial charge in [0.1, 0.15) is 5.78 Å². The van der Waals surface area contributed by atoms with Crippen molar-refractivity contribution in [2.45, 2.75) is 61.0 Å². The minimum atomic E-state index is -0.819. The fraction of sp³-hybridized carbons (Fsp3) is 0.667. The molecule has 0 fully saturated rings. The van der Waals surface area contributed by atoms with Gasteiger partial charge in [-0.2, -0.15) is 0 Å². The molecule has 0 aromatic carbocycles. The molecule has 0 bridgehead atoms. The van der Waals surface area contributed by atoms with Crippen molar-refractivity contribution in [3.63, 3.8) is 0 Å². The molecule has 0 unspecified atom stereocenters. The zero-order valence-electron chi connectivity index (χ0n) is 13.6. The average molecular weight is 300 g/mol. The highest BCUT2D eigenvalue weighted by Crippen LogP contribution is 2.26. The summed E-state index contributed by atoms with van der Waals surface area (Å²) in [6.45, 7) is 10.5. The third-order valence-corrected chi connectivity index (χ3v) is 2.55. The van der Waals surface area contributed by atoms with Crippen LogP contribution in [0.4, 0.5) is 0 Å². The molecular weight excluding hydrogens is 276 g/mol. The summed E-state index contributed by atoms with van der Waals surface area (Å²) < 4.78 is 14.3. The number of carbonyl (C=O) groups excluding carboxylic acids is 2. The molecular formula is C15H24O6. The molecule has 0 aliphatic rings. The van der Waals surface area contributed by atoms with Crippen LogP contribution in [-0.2, 0) is 20.9 Å². The topological polar surface area (TPSA) is 86.7 Å². The number of carbonyl (C=O) groups is 2. The molecule has 6 heteroatoms. The van der Waals surface area contributed by atoms with Gasteiger partial charge < -0.3 is 18.4 Å². The van der Waals surface area contributed by atoms with Gasteiger partial charge in [-0.3, -0.25) is 4.79 Å². The van der Waals surface area contributed by atoms with Gasteiger partial charge in [-0.1, -0.05) is 27.7 Å². The van der Waals surface area contributed by atoms with E-state index in [-0.39, 0.29) is 24.6 Å². The third kappa shape index (κ3) is 7.48. The van der Waals surface area contributed by atoms with Crippen molar-refractivity contribution in [1.82, 2.24) is 0 Å². The molecule has 0 aliphatic carbocycles. The Labute approximate surface area is 124 Å². The smallest absolute Gasteiger partial charge is 0.457 e. The molecule has 0 amide bonds. The molecule has 21 heavy (non-hydrogen) atoms. The fourth-order valence-electron chi connectivity index (χ4n) is 1.83. The normalized spacial score (nSPS) is 10.6. The van der Waals surface area contributed by atoms with E-state index >= 15 is 0 Å². The highest BCUT2D eigenvalue weighted by molar-refractivity contribution is 5.77. The van der Waals surface area contributed by atoms with Gasteiger partial charge in [0, 0.05) is 6.42 Å². The molecule has 0 aliphatic heterocycles. The van der Waals surface area contributed by atoms with E-state index in [9.17, 15) is 14.4 Å². The molecule has 1 aromatic heterocycles. The van der Waals surface area contributed by atoms with Crippen molar-refractivity contribution in [2.75, 3.05) is 0 Å². The summed E-state index contributed by atoms with van der Waals surface area (Å²) in [6, 6.07) is 0. The summed E-state index contributed by atoms with van der Waals surface area (Å²) in [5, 5.41) is 0. The fourth-order valence-corrected chi connectivity index (χ4v) is 1.83. The molecule has 0 radical (unpaired) electrons. The second-order valence-electron chi connectivity index (χ2n) is 5.31. The van der Waals surface area contributed by atoms with E-state index in [1.165, 1.54) is 6.92 Å². The van der Waals surface area contributed by atoms with Crippen LogP contribution in [0.3, 0.4) is 0 Å². The molecule has 0 atom stereocenters. The van der Waals surface area contributed by atoms with E-state index in [1.807, 2.05) is 27.7 Å². The van der Waals surface area contributed by atoms with Crippen LogP contribution in [0.2, 0.25) is 0 Å². The van der Waals surface area contributed by atoms with Crippen LogP contribution in [0.25, 0.3) is 0 Å². The third-order valence-electron chi connectivity index (χ3n) is 2.55. The number of ether oxygens (including phenoxy) is 1. The number of aryl methyl sites for hydroxylation is 1. The second kappa shape index (κ2) is 8.44. The Balaban J connectivity index is 0.00000191. The van der Waals surface area contributed by atoms with Crippen LogP contribution in [0.1, 0.15) is 59.0 Å². The van der Waals surface area contributed by atoms with Crippen LogP contribution < -0.4 is 5.82 Å². The number of ketones is 1. The van der Waals surface area contributed by atoms with E-state index < -0.39 is 17.2 Å². The van der Waals surface area contributed by atoms with Crippen LogP contribution in [-0.4, -0.2) is 11.8 Å². The van der Waals surface area contributed by atoms with E-state index in [2.05, 4.69) is 4.42 Å². The van der Waals surface area contributed by atoms with Gasteiger partial charge in [0.05, 0.1) is 6.42 Å². The molecule has 0 N–H and O–H groups in total. The van der Waals surface area contributed by atoms with Crippen molar-refractivity contribution in [3.8, 4) is 0 Å². The van der Waals surface area contributed by atoms with Gasteiger partial charge >= 0.3 is 11.8 Å². The highest BCUT2D eigenvalue weighted by Gasteiger charge is 2.25. The summed E-state index contributed by atoms with van der Waals surface area (Å²) in [7, 11) is 0. The molecule has 0 saturated carbocycles. The largest absolute Gasteiger partial charge is 0.519 e. The Kier molecular flexibility index (Phi) is 7.70. The lowest BCUT2D eigenvalue weighted by molar-refractivity contribution is -0.148. The van der Waals surface area contributed by atoms with E-state index in [1.54, 1.807) is 6.92 Å². The first-order valence-electron chi connectivity index (χ1n) is 6.94.